The maximum atomic E-state index is 12.9. The SMILES string of the molecule is Cc1cc(NC(=O)C(C)(C)C)sc1C(=O)Nc1c(C)nn(-c2ccccc2)c1C. The summed E-state index contributed by atoms with van der Waals surface area (Å²) in [6.07, 6.45) is 0. The third-order valence-corrected chi connectivity index (χ3v) is 5.72. The molecule has 0 spiro atoms. The third kappa shape index (κ3) is 4.40. The van der Waals surface area contributed by atoms with Crippen LogP contribution < -0.4 is 10.6 Å². The van der Waals surface area contributed by atoms with Gasteiger partial charge in [-0.25, -0.2) is 4.68 Å². The summed E-state index contributed by atoms with van der Waals surface area (Å²) in [5.74, 6) is -0.288. The summed E-state index contributed by atoms with van der Waals surface area (Å²) < 4.78 is 1.82. The second kappa shape index (κ2) is 7.83. The summed E-state index contributed by atoms with van der Waals surface area (Å²) in [6, 6.07) is 11.6. The smallest absolute Gasteiger partial charge is 0.266 e. The topological polar surface area (TPSA) is 76.0 Å². The molecule has 3 rings (SSSR count). The number of anilines is 2. The van der Waals surface area contributed by atoms with Crippen LogP contribution in [0.25, 0.3) is 5.69 Å². The van der Waals surface area contributed by atoms with Crippen molar-refractivity contribution in [3.63, 3.8) is 0 Å². The molecule has 29 heavy (non-hydrogen) atoms. The Bertz CT molecular complexity index is 1060. The molecule has 0 unspecified atom stereocenters. The van der Waals surface area contributed by atoms with E-state index in [0.717, 1.165) is 22.6 Å². The first-order chi connectivity index (χ1) is 13.6. The summed E-state index contributed by atoms with van der Waals surface area (Å²) in [5, 5.41) is 11.1. The van der Waals surface area contributed by atoms with Crippen molar-refractivity contribution in [2.75, 3.05) is 10.6 Å². The van der Waals surface area contributed by atoms with Crippen LogP contribution in [0.1, 0.15) is 47.4 Å². The molecule has 0 bridgehead atoms. The number of thiophene rings is 1. The van der Waals surface area contributed by atoms with Gasteiger partial charge in [0.1, 0.15) is 0 Å². The zero-order chi connectivity index (χ0) is 21.3. The van der Waals surface area contributed by atoms with Crippen molar-refractivity contribution in [3.05, 3.63) is 58.2 Å². The molecule has 0 radical (unpaired) electrons. The number of hydrogen-bond acceptors (Lipinski definition) is 4. The molecule has 152 valence electrons. The van der Waals surface area contributed by atoms with Crippen LogP contribution >= 0.6 is 11.3 Å². The van der Waals surface area contributed by atoms with E-state index in [2.05, 4.69) is 15.7 Å². The molecule has 0 saturated carbocycles. The summed E-state index contributed by atoms with van der Waals surface area (Å²) in [4.78, 5) is 25.7. The first-order valence-corrected chi connectivity index (χ1v) is 10.2. The average Bonchev–Trinajstić information content (AvgIpc) is 3.15. The van der Waals surface area contributed by atoms with Gasteiger partial charge in [0, 0.05) is 5.41 Å². The van der Waals surface area contributed by atoms with Crippen LogP contribution in [0.4, 0.5) is 10.7 Å². The molecular formula is C22H26N4O2S. The van der Waals surface area contributed by atoms with Gasteiger partial charge in [-0.3, -0.25) is 9.59 Å². The molecular weight excluding hydrogens is 384 g/mol. The van der Waals surface area contributed by atoms with E-state index < -0.39 is 5.41 Å². The lowest BCUT2D eigenvalue weighted by Gasteiger charge is -2.16. The number of benzene rings is 1. The number of nitrogens with zero attached hydrogens (tertiary/aromatic N) is 2. The normalized spacial score (nSPS) is 11.4. The Morgan fingerprint density at radius 3 is 2.31 bits per heavy atom. The molecule has 2 aromatic heterocycles. The number of carbonyl (C=O) groups excluding carboxylic acids is 2. The monoisotopic (exact) mass is 410 g/mol. The Morgan fingerprint density at radius 2 is 1.69 bits per heavy atom. The molecule has 6 nitrogen and oxygen atoms in total. The van der Waals surface area contributed by atoms with E-state index in [9.17, 15) is 9.59 Å². The zero-order valence-electron chi connectivity index (χ0n) is 17.6. The number of amides is 2. The largest absolute Gasteiger partial charge is 0.318 e. The first-order valence-electron chi connectivity index (χ1n) is 9.43. The molecule has 0 aliphatic carbocycles. The van der Waals surface area contributed by atoms with E-state index in [1.54, 1.807) is 0 Å². The molecule has 0 saturated heterocycles. The van der Waals surface area contributed by atoms with Crippen molar-refractivity contribution >= 4 is 33.8 Å². The fraction of sp³-hybridized carbons (Fsp3) is 0.318. The van der Waals surface area contributed by atoms with Crippen molar-refractivity contribution in [1.82, 2.24) is 9.78 Å². The van der Waals surface area contributed by atoms with Gasteiger partial charge in [-0.05, 0) is 44.5 Å². The summed E-state index contributed by atoms with van der Waals surface area (Å²) in [6.45, 7) is 11.2. The molecule has 7 heteroatoms. The van der Waals surface area contributed by atoms with Crippen LogP contribution in [0, 0.1) is 26.2 Å². The number of hydrogen-bond donors (Lipinski definition) is 2. The Labute approximate surface area is 175 Å². The van der Waals surface area contributed by atoms with Crippen LogP contribution in [-0.2, 0) is 4.79 Å². The van der Waals surface area contributed by atoms with Crippen molar-refractivity contribution < 1.29 is 9.59 Å². The van der Waals surface area contributed by atoms with Crippen molar-refractivity contribution in [3.8, 4) is 5.69 Å². The Balaban J connectivity index is 1.83. The van der Waals surface area contributed by atoms with Gasteiger partial charge in [0.25, 0.3) is 5.91 Å². The Morgan fingerprint density at radius 1 is 1.03 bits per heavy atom. The van der Waals surface area contributed by atoms with Gasteiger partial charge in [-0.1, -0.05) is 39.0 Å². The van der Waals surface area contributed by atoms with E-state index in [1.807, 2.05) is 82.6 Å². The second-order valence-corrected chi connectivity index (χ2v) is 9.13. The minimum Gasteiger partial charge on any atom is -0.318 e. The summed E-state index contributed by atoms with van der Waals surface area (Å²) in [7, 11) is 0. The quantitative estimate of drug-likeness (QED) is 0.628. The van der Waals surface area contributed by atoms with Gasteiger partial charge in [-0.15, -0.1) is 11.3 Å². The molecule has 0 aliphatic rings. The predicted molar refractivity (Wildman–Crippen MR) is 118 cm³/mol. The van der Waals surface area contributed by atoms with Gasteiger partial charge < -0.3 is 10.6 Å². The van der Waals surface area contributed by atoms with Gasteiger partial charge in [-0.2, -0.15) is 5.10 Å². The minimum absolute atomic E-state index is 0.0819. The number of para-hydroxylation sites is 1. The number of rotatable bonds is 4. The highest BCUT2D eigenvalue weighted by Crippen LogP contribution is 2.30. The molecule has 1 aromatic carbocycles. The fourth-order valence-electron chi connectivity index (χ4n) is 2.88. The van der Waals surface area contributed by atoms with Crippen molar-refractivity contribution in [1.29, 1.82) is 0 Å². The second-order valence-electron chi connectivity index (χ2n) is 8.07. The molecule has 0 fully saturated rings. The highest BCUT2D eigenvalue weighted by atomic mass is 32.1. The van der Waals surface area contributed by atoms with Gasteiger partial charge in [0.2, 0.25) is 5.91 Å². The predicted octanol–water partition coefficient (Wildman–Crippen LogP) is 5.10. The summed E-state index contributed by atoms with van der Waals surface area (Å²) >= 11 is 1.27. The first kappa shape index (κ1) is 20.8. The average molecular weight is 411 g/mol. The van der Waals surface area contributed by atoms with E-state index >= 15 is 0 Å². The van der Waals surface area contributed by atoms with Crippen LogP contribution in [0.15, 0.2) is 36.4 Å². The van der Waals surface area contributed by atoms with Gasteiger partial charge in [0.05, 0.1) is 32.6 Å². The van der Waals surface area contributed by atoms with E-state index in [4.69, 9.17) is 0 Å². The molecule has 2 amide bonds. The minimum atomic E-state index is -0.499. The third-order valence-electron chi connectivity index (χ3n) is 4.57. The van der Waals surface area contributed by atoms with Gasteiger partial charge in [0.15, 0.2) is 0 Å². The number of aryl methyl sites for hydroxylation is 2. The lowest BCUT2D eigenvalue weighted by Crippen LogP contribution is -2.27. The maximum Gasteiger partial charge on any atom is 0.266 e. The molecule has 0 atom stereocenters. The number of nitrogens with one attached hydrogen (secondary N) is 2. The number of aromatic nitrogens is 2. The van der Waals surface area contributed by atoms with Crippen LogP contribution in [0.3, 0.4) is 0 Å². The Hall–Kier alpha value is -2.93. The van der Waals surface area contributed by atoms with E-state index in [-0.39, 0.29) is 11.8 Å². The standard InChI is InChI=1S/C22H26N4O2S/c1-13-12-17(23-21(28)22(4,5)6)29-19(13)20(27)24-18-14(2)25-26(15(18)3)16-10-8-7-9-11-16/h7-12H,1-6H3,(H,23,28)(H,24,27). The van der Waals surface area contributed by atoms with Crippen molar-refractivity contribution in [2.45, 2.75) is 41.5 Å². The molecule has 0 aliphatic heterocycles. The van der Waals surface area contributed by atoms with Crippen LogP contribution in [-0.4, -0.2) is 21.6 Å². The highest BCUT2D eigenvalue weighted by Gasteiger charge is 2.24. The van der Waals surface area contributed by atoms with E-state index in [0.29, 0.717) is 15.6 Å². The molecule has 2 heterocycles. The lowest BCUT2D eigenvalue weighted by molar-refractivity contribution is -0.123. The lowest BCUT2D eigenvalue weighted by atomic mass is 9.96. The molecule has 2 N–H and O–H groups in total. The zero-order valence-corrected chi connectivity index (χ0v) is 18.4. The van der Waals surface area contributed by atoms with Crippen LogP contribution in [0.5, 0.6) is 0 Å². The fourth-order valence-corrected chi connectivity index (χ4v) is 3.85. The maximum absolute atomic E-state index is 12.9. The van der Waals surface area contributed by atoms with Crippen molar-refractivity contribution in [2.24, 2.45) is 5.41 Å². The Kier molecular flexibility index (Phi) is 5.61. The highest BCUT2D eigenvalue weighted by molar-refractivity contribution is 7.18. The van der Waals surface area contributed by atoms with E-state index in [1.165, 1.54) is 11.3 Å². The van der Waals surface area contributed by atoms with Crippen LogP contribution in [0.2, 0.25) is 0 Å². The number of carbonyl (C=O) groups is 2. The van der Waals surface area contributed by atoms with Gasteiger partial charge >= 0.3 is 0 Å². The summed E-state index contributed by atoms with van der Waals surface area (Å²) in [5.41, 5.74) is 3.57. The molecule has 3 aromatic rings.